The number of hydrogen-bond donors (Lipinski definition) is 1. The maximum atomic E-state index is 14.3. The summed E-state index contributed by atoms with van der Waals surface area (Å²) in [5.41, 5.74) is 0.450. The van der Waals surface area contributed by atoms with Crippen LogP contribution >= 0.6 is 0 Å². The third-order valence-corrected chi connectivity index (χ3v) is 4.87. The molecule has 118 valence electrons. The predicted octanol–water partition coefficient (Wildman–Crippen LogP) is 4.46. The zero-order valence-corrected chi connectivity index (χ0v) is 13.5. The molecule has 1 unspecified atom stereocenters. The van der Waals surface area contributed by atoms with Crippen LogP contribution in [0.5, 0.6) is 0 Å². The van der Waals surface area contributed by atoms with Crippen LogP contribution in [-0.2, 0) is 4.74 Å². The molecule has 0 spiro atoms. The first-order chi connectivity index (χ1) is 10.1. The third kappa shape index (κ3) is 3.64. The number of rotatable bonds is 6. The summed E-state index contributed by atoms with van der Waals surface area (Å²) in [6, 6.07) is 7.02. The normalized spacial score (nSPS) is 27.5. The Balaban J connectivity index is 2.32. The van der Waals surface area contributed by atoms with Gasteiger partial charge in [0, 0.05) is 12.7 Å². The summed E-state index contributed by atoms with van der Waals surface area (Å²) in [5, 5.41) is 3.54. The van der Waals surface area contributed by atoms with Gasteiger partial charge in [0.15, 0.2) is 0 Å². The van der Waals surface area contributed by atoms with Gasteiger partial charge in [-0.2, -0.15) is 0 Å². The van der Waals surface area contributed by atoms with E-state index < -0.39 is 0 Å². The largest absolute Gasteiger partial charge is 0.376 e. The lowest BCUT2D eigenvalue weighted by Gasteiger charge is -2.44. The fourth-order valence-corrected chi connectivity index (χ4v) is 3.44. The second-order valence-corrected chi connectivity index (χ2v) is 6.36. The Bertz CT molecular complexity index is 441. The summed E-state index contributed by atoms with van der Waals surface area (Å²) in [7, 11) is 1.78. The summed E-state index contributed by atoms with van der Waals surface area (Å²) in [6.45, 7) is 5.30. The Morgan fingerprint density at radius 2 is 2.00 bits per heavy atom. The van der Waals surface area contributed by atoms with Crippen molar-refractivity contribution in [3.05, 3.63) is 35.6 Å². The van der Waals surface area contributed by atoms with E-state index in [4.69, 9.17) is 4.74 Å². The highest BCUT2D eigenvalue weighted by molar-refractivity contribution is 5.25. The minimum atomic E-state index is -0.288. The van der Waals surface area contributed by atoms with Crippen LogP contribution < -0.4 is 5.32 Å². The van der Waals surface area contributed by atoms with E-state index in [1.165, 1.54) is 0 Å². The molecule has 0 saturated heterocycles. The summed E-state index contributed by atoms with van der Waals surface area (Å²) >= 11 is 0. The van der Waals surface area contributed by atoms with E-state index in [9.17, 15) is 4.39 Å². The fraction of sp³-hybridized carbons (Fsp3) is 0.667. The van der Waals surface area contributed by atoms with Gasteiger partial charge in [0.2, 0.25) is 0 Å². The van der Waals surface area contributed by atoms with Crippen molar-refractivity contribution in [1.29, 1.82) is 0 Å². The number of benzene rings is 1. The highest BCUT2D eigenvalue weighted by Crippen LogP contribution is 2.43. The summed E-state index contributed by atoms with van der Waals surface area (Å²) in [6.07, 6.45) is 5.29. The van der Waals surface area contributed by atoms with E-state index in [1.807, 2.05) is 12.1 Å². The zero-order chi connectivity index (χ0) is 15.3. The smallest absolute Gasteiger partial charge is 0.128 e. The molecule has 1 atom stereocenters. The molecular formula is C18H28FNO. The lowest BCUT2D eigenvalue weighted by Crippen LogP contribution is -2.48. The second-order valence-electron chi connectivity index (χ2n) is 6.36. The van der Waals surface area contributed by atoms with Crippen LogP contribution in [0, 0.1) is 11.7 Å². The molecule has 1 fully saturated rings. The van der Waals surface area contributed by atoms with E-state index in [-0.39, 0.29) is 17.5 Å². The molecule has 0 aliphatic heterocycles. The van der Waals surface area contributed by atoms with Crippen LogP contribution in [-0.4, -0.2) is 19.3 Å². The molecule has 1 N–H and O–H groups in total. The first-order valence-electron chi connectivity index (χ1n) is 8.16. The van der Waals surface area contributed by atoms with Crippen molar-refractivity contribution in [3.63, 3.8) is 0 Å². The number of hydrogen-bond acceptors (Lipinski definition) is 2. The van der Waals surface area contributed by atoms with Crippen LogP contribution in [0.15, 0.2) is 24.3 Å². The molecule has 0 heterocycles. The van der Waals surface area contributed by atoms with E-state index in [2.05, 4.69) is 19.2 Å². The van der Waals surface area contributed by atoms with Gasteiger partial charge in [-0.05, 0) is 50.6 Å². The van der Waals surface area contributed by atoms with Crippen molar-refractivity contribution in [3.8, 4) is 0 Å². The lowest BCUT2D eigenvalue weighted by atomic mass is 9.73. The molecule has 0 bridgehead atoms. The minimum absolute atomic E-state index is 0.0730. The van der Waals surface area contributed by atoms with Crippen molar-refractivity contribution >= 4 is 0 Å². The Hall–Kier alpha value is -0.930. The molecule has 0 amide bonds. The molecule has 1 aliphatic rings. The standard InChI is InChI=1S/C18H28FNO/c1-4-13-20-17(15-7-5-6-8-16(15)19)18(21-3)11-9-14(2)10-12-18/h5-8,14,17,20H,4,9-13H2,1-3H3. The zero-order valence-electron chi connectivity index (χ0n) is 13.5. The van der Waals surface area contributed by atoms with Crippen molar-refractivity contribution in [2.75, 3.05) is 13.7 Å². The SMILES string of the molecule is CCCNC(c1ccccc1F)C1(OC)CCC(C)CC1. The lowest BCUT2D eigenvalue weighted by molar-refractivity contribution is -0.0767. The van der Waals surface area contributed by atoms with Crippen molar-refractivity contribution in [2.24, 2.45) is 5.92 Å². The molecule has 0 aromatic heterocycles. The average Bonchev–Trinajstić information content (AvgIpc) is 2.51. The monoisotopic (exact) mass is 293 g/mol. The van der Waals surface area contributed by atoms with E-state index in [0.29, 0.717) is 0 Å². The van der Waals surface area contributed by atoms with Gasteiger partial charge in [-0.15, -0.1) is 0 Å². The van der Waals surface area contributed by atoms with Gasteiger partial charge in [-0.3, -0.25) is 0 Å². The first-order valence-corrected chi connectivity index (χ1v) is 8.16. The van der Waals surface area contributed by atoms with Gasteiger partial charge < -0.3 is 10.1 Å². The van der Waals surface area contributed by atoms with Gasteiger partial charge in [0.25, 0.3) is 0 Å². The van der Waals surface area contributed by atoms with Gasteiger partial charge in [0.05, 0.1) is 11.6 Å². The number of ether oxygens (including phenoxy) is 1. The highest BCUT2D eigenvalue weighted by atomic mass is 19.1. The fourth-order valence-electron chi connectivity index (χ4n) is 3.44. The molecule has 0 radical (unpaired) electrons. The number of methoxy groups -OCH3 is 1. The maximum Gasteiger partial charge on any atom is 0.128 e. The molecule has 1 saturated carbocycles. The maximum absolute atomic E-state index is 14.3. The van der Waals surface area contributed by atoms with E-state index in [1.54, 1.807) is 19.2 Å². The molecule has 1 aromatic carbocycles. The van der Waals surface area contributed by atoms with Crippen LogP contribution in [0.25, 0.3) is 0 Å². The summed E-state index contributed by atoms with van der Waals surface area (Å²) in [4.78, 5) is 0. The van der Waals surface area contributed by atoms with Crippen molar-refractivity contribution in [2.45, 2.75) is 57.6 Å². The molecular weight excluding hydrogens is 265 g/mol. The van der Waals surface area contributed by atoms with Crippen molar-refractivity contribution < 1.29 is 9.13 Å². The van der Waals surface area contributed by atoms with Gasteiger partial charge in [0.1, 0.15) is 5.82 Å². The quantitative estimate of drug-likeness (QED) is 0.836. The highest BCUT2D eigenvalue weighted by Gasteiger charge is 2.42. The second kappa shape index (κ2) is 7.37. The molecule has 1 aromatic rings. The van der Waals surface area contributed by atoms with Gasteiger partial charge in [-0.1, -0.05) is 32.0 Å². The number of halogens is 1. The van der Waals surface area contributed by atoms with Crippen molar-refractivity contribution in [1.82, 2.24) is 5.32 Å². The Morgan fingerprint density at radius 3 is 2.57 bits per heavy atom. The van der Waals surface area contributed by atoms with Crippen LogP contribution in [0.3, 0.4) is 0 Å². The Morgan fingerprint density at radius 1 is 1.33 bits per heavy atom. The van der Waals surface area contributed by atoms with Crippen LogP contribution in [0.4, 0.5) is 4.39 Å². The predicted molar refractivity (Wildman–Crippen MR) is 84.8 cm³/mol. The molecule has 3 heteroatoms. The Kier molecular flexibility index (Phi) is 5.77. The molecule has 21 heavy (non-hydrogen) atoms. The summed E-state index contributed by atoms with van der Waals surface area (Å²) in [5.74, 6) is 0.599. The minimum Gasteiger partial charge on any atom is -0.376 e. The summed E-state index contributed by atoms with van der Waals surface area (Å²) < 4.78 is 20.3. The molecule has 2 rings (SSSR count). The molecule has 2 nitrogen and oxygen atoms in total. The van der Waals surface area contributed by atoms with E-state index >= 15 is 0 Å². The van der Waals surface area contributed by atoms with E-state index in [0.717, 1.165) is 50.1 Å². The number of nitrogens with one attached hydrogen (secondary N) is 1. The first kappa shape index (κ1) is 16.4. The topological polar surface area (TPSA) is 21.3 Å². The third-order valence-electron chi connectivity index (χ3n) is 4.87. The van der Waals surface area contributed by atoms with Crippen LogP contribution in [0.2, 0.25) is 0 Å². The molecule has 1 aliphatic carbocycles. The van der Waals surface area contributed by atoms with Crippen LogP contribution in [0.1, 0.15) is 57.6 Å². The average molecular weight is 293 g/mol. The Labute approximate surface area is 128 Å². The van der Waals surface area contributed by atoms with Gasteiger partial charge >= 0.3 is 0 Å². The van der Waals surface area contributed by atoms with Gasteiger partial charge in [-0.25, -0.2) is 4.39 Å².